The lowest BCUT2D eigenvalue weighted by molar-refractivity contribution is -0.133. The Morgan fingerprint density at radius 3 is 2.35 bits per heavy atom. The average molecular weight is 347 g/mol. The van der Waals surface area contributed by atoms with E-state index in [1.807, 2.05) is 0 Å². The van der Waals surface area contributed by atoms with Gasteiger partial charge in [-0.1, -0.05) is 12.8 Å². The van der Waals surface area contributed by atoms with Crippen molar-refractivity contribution in [2.24, 2.45) is 5.92 Å². The van der Waals surface area contributed by atoms with Gasteiger partial charge in [0, 0.05) is 46.8 Å². The molecule has 0 bridgehead atoms. The Balaban J connectivity index is 2.14. The molecule has 1 saturated carbocycles. The number of rotatable bonds is 4. The summed E-state index contributed by atoms with van der Waals surface area (Å²) in [5, 5.41) is 10.6. The fourth-order valence-electron chi connectivity index (χ4n) is 3.62. The number of nitrogens with zero attached hydrogens (tertiary/aromatic N) is 3. The normalized spacial score (nSPS) is 26.9. The molecule has 134 valence electrons. The summed E-state index contributed by atoms with van der Waals surface area (Å²) in [6, 6.07) is 0. The molecule has 1 atom stereocenters. The van der Waals surface area contributed by atoms with Gasteiger partial charge in [0.15, 0.2) is 0 Å². The summed E-state index contributed by atoms with van der Waals surface area (Å²) in [6.45, 7) is 2.14. The molecule has 23 heavy (non-hydrogen) atoms. The quantitative estimate of drug-likeness (QED) is 0.747. The van der Waals surface area contributed by atoms with Crippen LogP contribution in [0.3, 0.4) is 0 Å². The Hall–Kier alpha value is -0.700. The minimum Gasteiger partial charge on any atom is -0.389 e. The van der Waals surface area contributed by atoms with E-state index in [2.05, 4.69) is 4.90 Å². The molecule has 2 fully saturated rings. The molecule has 0 unspecified atom stereocenters. The average Bonchev–Trinajstić information content (AvgIpc) is 2.73. The first-order valence-corrected chi connectivity index (χ1v) is 10.1. The van der Waals surface area contributed by atoms with Crippen LogP contribution in [0.5, 0.6) is 0 Å². The molecule has 1 aliphatic heterocycles. The lowest BCUT2D eigenvalue weighted by atomic mass is 10.0. The number of β-amino-alcohol motifs (C(OH)–C–C–N with tert-alkyl or cyclic N) is 1. The molecule has 1 N–H and O–H groups in total. The van der Waals surface area contributed by atoms with Gasteiger partial charge in [0.25, 0.3) is 0 Å². The number of hydrogen-bond acceptors (Lipinski definition) is 5. The molecule has 0 aromatic heterocycles. The summed E-state index contributed by atoms with van der Waals surface area (Å²) >= 11 is 0. The van der Waals surface area contributed by atoms with E-state index in [-0.39, 0.29) is 12.5 Å². The van der Waals surface area contributed by atoms with Crippen LogP contribution in [-0.2, 0) is 14.8 Å². The van der Waals surface area contributed by atoms with Crippen molar-refractivity contribution in [3.05, 3.63) is 0 Å². The number of hydrogen-bond donors (Lipinski definition) is 1. The minimum atomic E-state index is -3.33. The van der Waals surface area contributed by atoms with Crippen molar-refractivity contribution in [3.8, 4) is 0 Å². The Labute approximate surface area is 139 Å². The van der Waals surface area contributed by atoms with E-state index < -0.39 is 21.5 Å². The third-order valence-corrected chi connectivity index (χ3v) is 6.15. The second-order valence-corrected chi connectivity index (χ2v) is 9.20. The summed E-state index contributed by atoms with van der Waals surface area (Å²) in [7, 11) is 0.0409. The SMILES string of the molecule is CN(C)C(=O)[C@H]1CN(CC2(O)CCCC2)CCN(S(C)(=O)=O)C1. The lowest BCUT2D eigenvalue weighted by Gasteiger charge is -2.32. The van der Waals surface area contributed by atoms with Crippen LogP contribution < -0.4 is 0 Å². The highest BCUT2D eigenvalue weighted by atomic mass is 32.2. The van der Waals surface area contributed by atoms with Gasteiger partial charge in [-0.2, -0.15) is 0 Å². The summed E-state index contributed by atoms with van der Waals surface area (Å²) in [5.41, 5.74) is -0.689. The van der Waals surface area contributed by atoms with E-state index in [4.69, 9.17) is 0 Å². The summed E-state index contributed by atoms with van der Waals surface area (Å²) < 4.78 is 25.2. The molecule has 2 aliphatic rings. The molecule has 1 heterocycles. The fraction of sp³-hybridized carbons (Fsp3) is 0.933. The van der Waals surface area contributed by atoms with Crippen LogP contribution in [0, 0.1) is 5.92 Å². The van der Waals surface area contributed by atoms with Gasteiger partial charge in [0.1, 0.15) is 0 Å². The molecule has 2 rings (SSSR count). The van der Waals surface area contributed by atoms with Crippen molar-refractivity contribution in [1.82, 2.24) is 14.1 Å². The van der Waals surface area contributed by atoms with Crippen molar-refractivity contribution in [3.63, 3.8) is 0 Å². The molecule has 1 amide bonds. The number of amides is 1. The first-order valence-electron chi connectivity index (χ1n) is 8.22. The molecule has 0 aromatic rings. The number of carbonyl (C=O) groups excluding carboxylic acids is 1. The van der Waals surface area contributed by atoms with Crippen LogP contribution in [0.25, 0.3) is 0 Å². The summed E-state index contributed by atoms with van der Waals surface area (Å²) in [5.74, 6) is -0.462. The first-order chi connectivity index (χ1) is 10.6. The fourth-order valence-corrected chi connectivity index (χ4v) is 4.49. The summed E-state index contributed by atoms with van der Waals surface area (Å²) in [6.07, 6.45) is 4.81. The van der Waals surface area contributed by atoms with Gasteiger partial charge in [0.2, 0.25) is 15.9 Å². The second-order valence-electron chi connectivity index (χ2n) is 7.22. The van der Waals surface area contributed by atoms with Crippen LogP contribution in [0.1, 0.15) is 25.7 Å². The van der Waals surface area contributed by atoms with E-state index in [0.29, 0.717) is 26.2 Å². The Bertz CT molecular complexity index is 529. The molecule has 0 aromatic carbocycles. The highest BCUT2D eigenvalue weighted by Crippen LogP contribution is 2.30. The number of carbonyl (C=O) groups is 1. The second kappa shape index (κ2) is 7.04. The van der Waals surface area contributed by atoms with Crippen molar-refractivity contribution >= 4 is 15.9 Å². The highest BCUT2D eigenvalue weighted by molar-refractivity contribution is 7.88. The van der Waals surface area contributed by atoms with Crippen molar-refractivity contribution in [1.29, 1.82) is 0 Å². The van der Waals surface area contributed by atoms with Crippen LogP contribution in [0.4, 0.5) is 0 Å². The van der Waals surface area contributed by atoms with Gasteiger partial charge in [0.05, 0.1) is 17.8 Å². The van der Waals surface area contributed by atoms with Gasteiger partial charge < -0.3 is 10.0 Å². The van der Waals surface area contributed by atoms with E-state index >= 15 is 0 Å². The van der Waals surface area contributed by atoms with E-state index in [1.54, 1.807) is 14.1 Å². The monoisotopic (exact) mass is 347 g/mol. The number of sulfonamides is 1. The Morgan fingerprint density at radius 2 is 1.83 bits per heavy atom. The van der Waals surface area contributed by atoms with Crippen LogP contribution in [0.2, 0.25) is 0 Å². The van der Waals surface area contributed by atoms with Crippen molar-refractivity contribution in [2.75, 3.05) is 53.1 Å². The minimum absolute atomic E-state index is 0.0658. The van der Waals surface area contributed by atoms with E-state index in [9.17, 15) is 18.3 Å². The maximum Gasteiger partial charge on any atom is 0.227 e. The summed E-state index contributed by atoms with van der Waals surface area (Å²) in [4.78, 5) is 16.0. The molecule has 0 radical (unpaired) electrons. The largest absolute Gasteiger partial charge is 0.389 e. The standard InChI is InChI=1S/C15H29N3O4S/c1-16(2)14(19)13-10-17(12-15(20)6-4-5-7-15)8-9-18(11-13)23(3,21)22/h13,20H,4-12H2,1-3H3/t13-/m0/s1. The molecule has 8 heteroatoms. The van der Waals surface area contributed by atoms with Crippen molar-refractivity contribution in [2.45, 2.75) is 31.3 Å². The zero-order valence-electron chi connectivity index (χ0n) is 14.4. The van der Waals surface area contributed by atoms with Gasteiger partial charge in [-0.15, -0.1) is 0 Å². The molecular weight excluding hydrogens is 318 g/mol. The van der Waals surface area contributed by atoms with Gasteiger partial charge >= 0.3 is 0 Å². The van der Waals surface area contributed by atoms with Gasteiger partial charge in [-0.05, 0) is 12.8 Å². The van der Waals surface area contributed by atoms with Crippen molar-refractivity contribution < 1.29 is 18.3 Å². The number of aliphatic hydroxyl groups is 1. The molecule has 1 aliphatic carbocycles. The maximum atomic E-state index is 12.4. The topological polar surface area (TPSA) is 81.2 Å². The Kier molecular flexibility index (Phi) is 5.71. The zero-order valence-corrected chi connectivity index (χ0v) is 15.2. The van der Waals surface area contributed by atoms with Gasteiger partial charge in [-0.25, -0.2) is 12.7 Å². The van der Waals surface area contributed by atoms with E-state index in [0.717, 1.165) is 25.7 Å². The molecule has 7 nitrogen and oxygen atoms in total. The van der Waals surface area contributed by atoms with E-state index in [1.165, 1.54) is 15.5 Å². The lowest BCUT2D eigenvalue weighted by Crippen LogP contribution is -2.45. The smallest absolute Gasteiger partial charge is 0.227 e. The Morgan fingerprint density at radius 1 is 1.22 bits per heavy atom. The van der Waals surface area contributed by atoms with Crippen LogP contribution in [-0.4, -0.2) is 92.2 Å². The molecular formula is C15H29N3O4S. The zero-order chi connectivity index (χ0) is 17.3. The highest BCUT2D eigenvalue weighted by Gasteiger charge is 2.37. The van der Waals surface area contributed by atoms with Gasteiger partial charge in [-0.3, -0.25) is 9.69 Å². The third-order valence-electron chi connectivity index (χ3n) is 4.88. The predicted octanol–water partition coefficient (Wildman–Crippen LogP) is -0.427. The van der Waals surface area contributed by atoms with Crippen LogP contribution >= 0.6 is 0 Å². The predicted molar refractivity (Wildman–Crippen MR) is 88.5 cm³/mol. The first kappa shape index (κ1) is 18.6. The van der Waals surface area contributed by atoms with Crippen LogP contribution in [0.15, 0.2) is 0 Å². The maximum absolute atomic E-state index is 12.4. The molecule has 1 saturated heterocycles. The molecule has 0 spiro atoms. The third kappa shape index (κ3) is 4.89.